The third kappa shape index (κ3) is 2.96. The Kier molecular flexibility index (Phi) is 4.49. The maximum atomic E-state index is 12.4. The van der Waals surface area contributed by atoms with E-state index in [0.29, 0.717) is 11.4 Å². The molecule has 0 radical (unpaired) electrons. The van der Waals surface area contributed by atoms with Crippen LogP contribution in [-0.4, -0.2) is 35.0 Å². The third-order valence-electron chi connectivity index (χ3n) is 2.54. The molecule has 0 bridgehead atoms. The standard InChI is InChI=1S/C13H20N2O2/c1-9(2)15(10(3)4)13(16)12-11(17-5)7-6-8-14-12/h6-10H,1-5H3. The Labute approximate surface area is 103 Å². The van der Waals surface area contributed by atoms with Crippen LogP contribution >= 0.6 is 0 Å². The fourth-order valence-electron chi connectivity index (χ4n) is 1.90. The summed E-state index contributed by atoms with van der Waals surface area (Å²) in [7, 11) is 1.54. The highest BCUT2D eigenvalue weighted by Gasteiger charge is 2.25. The second kappa shape index (κ2) is 5.66. The predicted octanol–water partition coefficient (Wildman–Crippen LogP) is 2.35. The molecule has 1 heterocycles. The fraction of sp³-hybridized carbons (Fsp3) is 0.538. The van der Waals surface area contributed by atoms with Gasteiger partial charge in [-0.3, -0.25) is 4.79 Å². The van der Waals surface area contributed by atoms with Crippen molar-refractivity contribution in [2.75, 3.05) is 7.11 Å². The second-order valence-corrected chi connectivity index (χ2v) is 4.45. The first-order valence-corrected chi connectivity index (χ1v) is 5.80. The smallest absolute Gasteiger partial charge is 0.276 e. The van der Waals surface area contributed by atoms with Crippen LogP contribution in [0.15, 0.2) is 18.3 Å². The highest BCUT2D eigenvalue weighted by Crippen LogP contribution is 2.19. The molecule has 0 saturated heterocycles. The number of rotatable bonds is 4. The first kappa shape index (κ1) is 13.5. The van der Waals surface area contributed by atoms with Gasteiger partial charge in [0.25, 0.3) is 5.91 Å². The summed E-state index contributed by atoms with van der Waals surface area (Å²) in [5.74, 6) is 0.427. The van der Waals surface area contributed by atoms with E-state index in [0.717, 1.165) is 0 Å². The summed E-state index contributed by atoms with van der Waals surface area (Å²) in [6.45, 7) is 7.97. The molecule has 0 saturated carbocycles. The Morgan fingerprint density at radius 1 is 1.29 bits per heavy atom. The quantitative estimate of drug-likeness (QED) is 0.806. The van der Waals surface area contributed by atoms with Gasteiger partial charge in [0.1, 0.15) is 5.75 Å². The molecule has 1 aromatic rings. The Bertz CT molecular complexity index is 381. The van der Waals surface area contributed by atoms with E-state index in [2.05, 4.69) is 4.98 Å². The largest absolute Gasteiger partial charge is 0.494 e. The van der Waals surface area contributed by atoms with Gasteiger partial charge in [-0.2, -0.15) is 0 Å². The van der Waals surface area contributed by atoms with Crippen molar-refractivity contribution in [1.29, 1.82) is 0 Å². The van der Waals surface area contributed by atoms with Crippen molar-refractivity contribution in [3.8, 4) is 5.75 Å². The third-order valence-corrected chi connectivity index (χ3v) is 2.54. The van der Waals surface area contributed by atoms with Crippen LogP contribution in [0.5, 0.6) is 5.75 Å². The molecule has 1 amide bonds. The minimum atomic E-state index is -0.0903. The number of carbonyl (C=O) groups excluding carboxylic acids is 1. The lowest BCUT2D eigenvalue weighted by atomic mass is 10.2. The molecule has 0 aliphatic carbocycles. The maximum Gasteiger partial charge on any atom is 0.276 e. The number of amides is 1. The average molecular weight is 236 g/mol. The van der Waals surface area contributed by atoms with Crippen molar-refractivity contribution >= 4 is 5.91 Å². The van der Waals surface area contributed by atoms with Gasteiger partial charge in [0.15, 0.2) is 5.69 Å². The first-order chi connectivity index (χ1) is 7.99. The van der Waals surface area contributed by atoms with Crippen LogP contribution in [0.25, 0.3) is 0 Å². The van der Waals surface area contributed by atoms with Gasteiger partial charge in [-0.1, -0.05) is 0 Å². The van der Waals surface area contributed by atoms with Crippen molar-refractivity contribution in [2.45, 2.75) is 39.8 Å². The molecular weight excluding hydrogens is 216 g/mol. The van der Waals surface area contributed by atoms with Crippen LogP contribution in [0, 0.1) is 0 Å². The van der Waals surface area contributed by atoms with Gasteiger partial charge in [-0.05, 0) is 39.8 Å². The summed E-state index contributed by atoms with van der Waals surface area (Å²) in [6, 6.07) is 3.77. The molecule has 4 heteroatoms. The highest BCUT2D eigenvalue weighted by molar-refractivity contribution is 5.95. The number of aromatic nitrogens is 1. The van der Waals surface area contributed by atoms with E-state index in [-0.39, 0.29) is 18.0 Å². The van der Waals surface area contributed by atoms with Gasteiger partial charge in [0.05, 0.1) is 7.11 Å². The zero-order valence-corrected chi connectivity index (χ0v) is 11.1. The zero-order valence-electron chi connectivity index (χ0n) is 11.1. The molecular formula is C13H20N2O2. The number of nitrogens with zero attached hydrogens (tertiary/aromatic N) is 2. The van der Waals surface area contributed by atoms with Gasteiger partial charge in [0, 0.05) is 18.3 Å². The minimum Gasteiger partial charge on any atom is -0.494 e. The normalized spacial score (nSPS) is 10.8. The van der Waals surface area contributed by atoms with Gasteiger partial charge >= 0.3 is 0 Å². The monoisotopic (exact) mass is 236 g/mol. The molecule has 0 aliphatic heterocycles. The molecule has 0 atom stereocenters. The second-order valence-electron chi connectivity index (χ2n) is 4.45. The lowest BCUT2D eigenvalue weighted by molar-refractivity contribution is 0.0634. The number of carbonyl (C=O) groups is 1. The van der Waals surface area contributed by atoms with Crippen LogP contribution in [-0.2, 0) is 0 Å². The van der Waals surface area contributed by atoms with Crippen molar-refractivity contribution in [3.63, 3.8) is 0 Å². The number of hydrogen-bond donors (Lipinski definition) is 0. The molecule has 0 aromatic carbocycles. The highest BCUT2D eigenvalue weighted by atomic mass is 16.5. The topological polar surface area (TPSA) is 42.4 Å². The minimum absolute atomic E-state index is 0.0903. The van der Waals surface area contributed by atoms with Gasteiger partial charge in [-0.15, -0.1) is 0 Å². The molecule has 0 N–H and O–H groups in total. The number of methoxy groups -OCH3 is 1. The molecule has 1 rings (SSSR count). The summed E-state index contributed by atoms with van der Waals surface area (Å²) in [5, 5.41) is 0. The molecule has 0 aliphatic rings. The zero-order chi connectivity index (χ0) is 13.0. The van der Waals surface area contributed by atoms with Crippen LogP contribution in [0.2, 0.25) is 0 Å². The maximum absolute atomic E-state index is 12.4. The number of ether oxygens (including phenoxy) is 1. The summed E-state index contributed by atoms with van der Waals surface area (Å²) < 4.78 is 5.17. The number of pyridine rings is 1. The number of hydrogen-bond acceptors (Lipinski definition) is 3. The predicted molar refractivity (Wildman–Crippen MR) is 67.2 cm³/mol. The molecule has 94 valence electrons. The molecule has 4 nitrogen and oxygen atoms in total. The molecule has 17 heavy (non-hydrogen) atoms. The molecule has 1 aromatic heterocycles. The lowest BCUT2D eigenvalue weighted by Crippen LogP contribution is -2.42. The molecule has 0 fully saturated rings. The van der Waals surface area contributed by atoms with Crippen LogP contribution in [0.4, 0.5) is 0 Å². The van der Waals surface area contributed by atoms with Crippen LogP contribution < -0.4 is 4.74 Å². The van der Waals surface area contributed by atoms with E-state index < -0.39 is 0 Å². The van der Waals surface area contributed by atoms with Crippen molar-refractivity contribution < 1.29 is 9.53 Å². The Balaban J connectivity index is 3.09. The Morgan fingerprint density at radius 3 is 2.35 bits per heavy atom. The Hall–Kier alpha value is -1.58. The van der Waals surface area contributed by atoms with Gasteiger partial charge in [-0.25, -0.2) is 4.98 Å². The van der Waals surface area contributed by atoms with Crippen molar-refractivity contribution in [1.82, 2.24) is 9.88 Å². The van der Waals surface area contributed by atoms with E-state index in [1.54, 1.807) is 30.3 Å². The van der Waals surface area contributed by atoms with Crippen LogP contribution in [0.3, 0.4) is 0 Å². The molecule has 0 spiro atoms. The Morgan fingerprint density at radius 2 is 1.88 bits per heavy atom. The summed E-state index contributed by atoms with van der Waals surface area (Å²) in [6.07, 6.45) is 1.61. The van der Waals surface area contributed by atoms with Crippen molar-refractivity contribution in [2.24, 2.45) is 0 Å². The SMILES string of the molecule is COc1cccnc1C(=O)N(C(C)C)C(C)C. The van der Waals surface area contributed by atoms with Crippen molar-refractivity contribution in [3.05, 3.63) is 24.0 Å². The van der Waals surface area contributed by atoms with Gasteiger partial charge < -0.3 is 9.64 Å². The van der Waals surface area contributed by atoms with E-state index in [1.165, 1.54) is 0 Å². The first-order valence-electron chi connectivity index (χ1n) is 5.80. The average Bonchev–Trinajstić information content (AvgIpc) is 2.27. The van der Waals surface area contributed by atoms with E-state index >= 15 is 0 Å². The summed E-state index contributed by atoms with van der Waals surface area (Å²) in [5.41, 5.74) is 0.373. The lowest BCUT2D eigenvalue weighted by Gasteiger charge is -2.30. The summed E-state index contributed by atoms with van der Waals surface area (Å²) in [4.78, 5) is 18.3. The summed E-state index contributed by atoms with van der Waals surface area (Å²) >= 11 is 0. The fourth-order valence-corrected chi connectivity index (χ4v) is 1.90. The molecule has 0 unspecified atom stereocenters. The van der Waals surface area contributed by atoms with E-state index in [1.807, 2.05) is 27.7 Å². The van der Waals surface area contributed by atoms with E-state index in [9.17, 15) is 4.79 Å². The van der Waals surface area contributed by atoms with E-state index in [4.69, 9.17) is 4.74 Å². The van der Waals surface area contributed by atoms with Crippen LogP contribution in [0.1, 0.15) is 38.2 Å². The van der Waals surface area contributed by atoms with Gasteiger partial charge in [0.2, 0.25) is 0 Å².